The summed E-state index contributed by atoms with van der Waals surface area (Å²) in [5.41, 5.74) is 0.334. The van der Waals surface area contributed by atoms with Crippen molar-refractivity contribution in [1.82, 2.24) is 9.80 Å². The molecule has 1 saturated heterocycles. The molecule has 11 heteroatoms. The maximum absolute atomic E-state index is 12.3. The van der Waals surface area contributed by atoms with Crippen LogP contribution in [0.1, 0.15) is 5.56 Å². The largest absolute Gasteiger partial charge is 0.493 e. The van der Waals surface area contributed by atoms with Crippen LogP contribution in [0.25, 0.3) is 6.08 Å². The third kappa shape index (κ3) is 5.09. The van der Waals surface area contributed by atoms with Crippen LogP contribution in [0.2, 0.25) is 0 Å². The number of likely N-dealkylation sites (N-methyl/N-ethyl adjacent to an activating group) is 2. The lowest BCUT2D eigenvalue weighted by Crippen LogP contribution is -2.52. The van der Waals surface area contributed by atoms with Crippen molar-refractivity contribution in [2.75, 3.05) is 34.4 Å². The van der Waals surface area contributed by atoms with E-state index in [1.165, 1.54) is 51.5 Å². The average Bonchev–Trinajstić information content (AvgIpc) is 2.82. The summed E-state index contributed by atoms with van der Waals surface area (Å²) in [5.74, 6) is -0.129. The normalized spacial score (nSPS) is 13.8. The Hall–Kier alpha value is -4.41. The lowest BCUT2D eigenvalue weighted by molar-refractivity contribution is -0.384. The van der Waals surface area contributed by atoms with E-state index in [-0.39, 0.29) is 24.5 Å². The Morgan fingerprint density at radius 2 is 1.52 bits per heavy atom. The first-order valence-corrected chi connectivity index (χ1v) is 9.72. The number of barbiturate groups is 1. The number of methoxy groups -OCH3 is 1. The third-order valence-electron chi connectivity index (χ3n) is 4.80. The van der Waals surface area contributed by atoms with Crippen molar-refractivity contribution >= 4 is 29.6 Å². The van der Waals surface area contributed by atoms with Gasteiger partial charge in [-0.1, -0.05) is 6.07 Å². The number of hydrogen-bond donors (Lipinski definition) is 0. The number of benzene rings is 2. The van der Waals surface area contributed by atoms with Crippen LogP contribution in [0.3, 0.4) is 0 Å². The lowest BCUT2D eigenvalue weighted by Gasteiger charge is -2.28. The van der Waals surface area contributed by atoms with Crippen molar-refractivity contribution in [3.63, 3.8) is 0 Å². The van der Waals surface area contributed by atoms with E-state index in [0.29, 0.717) is 22.8 Å². The van der Waals surface area contributed by atoms with E-state index in [9.17, 15) is 24.5 Å². The highest BCUT2D eigenvalue weighted by Crippen LogP contribution is 2.30. The smallest absolute Gasteiger partial charge is 0.333 e. The monoisotopic (exact) mass is 455 g/mol. The summed E-state index contributed by atoms with van der Waals surface area (Å²) in [7, 11) is 4.05. The van der Waals surface area contributed by atoms with Crippen molar-refractivity contribution in [3.8, 4) is 17.2 Å². The molecule has 0 bridgehead atoms. The Balaban J connectivity index is 1.65. The van der Waals surface area contributed by atoms with Crippen molar-refractivity contribution in [1.29, 1.82) is 0 Å². The van der Waals surface area contributed by atoms with Crippen LogP contribution >= 0.6 is 0 Å². The Morgan fingerprint density at radius 3 is 2.09 bits per heavy atom. The molecule has 2 aromatic rings. The first-order valence-electron chi connectivity index (χ1n) is 9.72. The summed E-state index contributed by atoms with van der Waals surface area (Å²) in [6.45, 7) is 0.352. The van der Waals surface area contributed by atoms with Gasteiger partial charge in [0.25, 0.3) is 17.5 Å². The van der Waals surface area contributed by atoms with Crippen LogP contribution in [0.15, 0.2) is 48.0 Å². The van der Waals surface area contributed by atoms with E-state index in [0.717, 1.165) is 9.80 Å². The van der Waals surface area contributed by atoms with E-state index in [4.69, 9.17) is 14.2 Å². The summed E-state index contributed by atoms with van der Waals surface area (Å²) >= 11 is 0. The fraction of sp³-hybridized carbons (Fsp3) is 0.227. The second kappa shape index (κ2) is 9.81. The zero-order valence-corrected chi connectivity index (χ0v) is 18.1. The number of carbonyl (C=O) groups excluding carboxylic acids is 3. The number of amides is 4. The number of non-ortho nitro benzene ring substituents is 1. The zero-order valence-electron chi connectivity index (χ0n) is 18.1. The number of hydrogen-bond acceptors (Lipinski definition) is 8. The highest BCUT2D eigenvalue weighted by atomic mass is 16.6. The van der Waals surface area contributed by atoms with Crippen LogP contribution in [0.4, 0.5) is 10.5 Å². The molecule has 0 unspecified atom stereocenters. The molecular weight excluding hydrogens is 434 g/mol. The minimum Gasteiger partial charge on any atom is -0.493 e. The molecule has 0 radical (unpaired) electrons. The average molecular weight is 455 g/mol. The van der Waals surface area contributed by atoms with Crippen LogP contribution in [-0.2, 0) is 9.59 Å². The SMILES string of the molecule is COc1cc(C=C2C(=O)N(C)C(=O)N(C)C2=O)ccc1OCCOc1ccc([N+](=O)[O-])cc1. The highest BCUT2D eigenvalue weighted by Gasteiger charge is 2.37. The standard InChI is InChI=1S/C22H21N3O8/c1-23-20(26)17(21(27)24(2)22(23)28)12-14-4-9-18(19(13-14)31-3)33-11-10-32-16-7-5-15(6-8-16)25(29)30/h4-9,12-13H,10-11H2,1-3H3. The summed E-state index contributed by atoms with van der Waals surface area (Å²) < 4.78 is 16.5. The Labute approximate surface area is 188 Å². The van der Waals surface area contributed by atoms with Gasteiger partial charge in [0, 0.05) is 26.2 Å². The molecule has 1 aliphatic heterocycles. The predicted octanol–water partition coefficient (Wildman–Crippen LogP) is 2.50. The van der Waals surface area contributed by atoms with Crippen LogP contribution < -0.4 is 14.2 Å². The van der Waals surface area contributed by atoms with Gasteiger partial charge in [-0.15, -0.1) is 0 Å². The summed E-state index contributed by atoms with van der Waals surface area (Å²) in [5, 5.41) is 10.7. The molecule has 172 valence electrons. The first-order chi connectivity index (χ1) is 15.7. The number of rotatable bonds is 8. The molecule has 33 heavy (non-hydrogen) atoms. The van der Waals surface area contributed by atoms with Gasteiger partial charge in [0.15, 0.2) is 11.5 Å². The number of nitro groups is 1. The number of urea groups is 1. The zero-order chi connectivity index (χ0) is 24.1. The Morgan fingerprint density at radius 1 is 0.909 bits per heavy atom. The molecule has 1 heterocycles. The van der Waals surface area contributed by atoms with Crippen molar-refractivity contribution in [3.05, 3.63) is 63.7 Å². The van der Waals surface area contributed by atoms with Gasteiger partial charge in [-0.05, 0) is 35.9 Å². The van der Waals surface area contributed by atoms with Crippen LogP contribution in [-0.4, -0.2) is 67.0 Å². The van der Waals surface area contributed by atoms with E-state index in [1.807, 2.05) is 0 Å². The van der Waals surface area contributed by atoms with Gasteiger partial charge in [0.1, 0.15) is 24.5 Å². The van der Waals surface area contributed by atoms with Gasteiger partial charge in [-0.3, -0.25) is 29.5 Å². The summed E-state index contributed by atoms with van der Waals surface area (Å²) in [6, 6.07) is 9.84. The van der Waals surface area contributed by atoms with Gasteiger partial charge in [-0.2, -0.15) is 0 Å². The molecule has 2 aromatic carbocycles. The number of carbonyl (C=O) groups is 3. The van der Waals surface area contributed by atoms with Crippen LogP contribution in [0, 0.1) is 10.1 Å². The van der Waals surface area contributed by atoms with E-state index < -0.39 is 22.8 Å². The molecule has 0 atom stereocenters. The fourth-order valence-corrected chi connectivity index (χ4v) is 3.01. The molecule has 0 aliphatic carbocycles. The first kappa shape index (κ1) is 23.3. The maximum atomic E-state index is 12.3. The quantitative estimate of drug-likeness (QED) is 0.195. The van der Waals surface area contributed by atoms with Crippen molar-refractivity contribution in [2.24, 2.45) is 0 Å². The molecule has 3 rings (SSSR count). The highest BCUT2D eigenvalue weighted by molar-refractivity contribution is 6.30. The molecule has 0 saturated carbocycles. The predicted molar refractivity (Wildman–Crippen MR) is 116 cm³/mol. The van der Waals surface area contributed by atoms with E-state index in [1.54, 1.807) is 18.2 Å². The molecular formula is C22H21N3O8. The number of nitrogens with zero attached hydrogens (tertiary/aromatic N) is 3. The minimum atomic E-state index is -0.695. The van der Waals surface area contributed by atoms with E-state index in [2.05, 4.69) is 0 Å². The summed E-state index contributed by atoms with van der Waals surface area (Å²) in [4.78, 5) is 48.5. The Bertz CT molecular complexity index is 1100. The Kier molecular flexibility index (Phi) is 6.91. The van der Waals surface area contributed by atoms with Gasteiger partial charge < -0.3 is 14.2 Å². The number of nitro benzene ring substituents is 1. The minimum absolute atomic E-state index is 0.0279. The second-order valence-electron chi connectivity index (χ2n) is 6.93. The molecule has 1 aliphatic rings. The molecule has 0 aromatic heterocycles. The fourth-order valence-electron chi connectivity index (χ4n) is 3.01. The van der Waals surface area contributed by atoms with Crippen LogP contribution in [0.5, 0.6) is 17.2 Å². The van der Waals surface area contributed by atoms with E-state index >= 15 is 0 Å². The topological polar surface area (TPSA) is 129 Å². The van der Waals surface area contributed by atoms with Crippen molar-refractivity contribution in [2.45, 2.75) is 0 Å². The second-order valence-corrected chi connectivity index (χ2v) is 6.93. The molecule has 11 nitrogen and oxygen atoms in total. The number of ether oxygens (including phenoxy) is 3. The van der Waals surface area contributed by atoms with Gasteiger partial charge in [0.05, 0.1) is 12.0 Å². The molecule has 0 spiro atoms. The van der Waals surface area contributed by atoms with Crippen molar-refractivity contribution < 1.29 is 33.5 Å². The third-order valence-corrected chi connectivity index (χ3v) is 4.80. The summed E-state index contributed by atoms with van der Waals surface area (Å²) in [6.07, 6.45) is 1.38. The lowest BCUT2D eigenvalue weighted by atomic mass is 10.1. The molecule has 1 fully saturated rings. The van der Waals surface area contributed by atoms with Gasteiger partial charge in [-0.25, -0.2) is 4.79 Å². The maximum Gasteiger partial charge on any atom is 0.333 e. The van der Waals surface area contributed by atoms with Gasteiger partial charge in [0.2, 0.25) is 0 Å². The number of imide groups is 2. The van der Waals surface area contributed by atoms with Gasteiger partial charge >= 0.3 is 6.03 Å². The molecule has 0 N–H and O–H groups in total. The molecule has 4 amide bonds.